The summed E-state index contributed by atoms with van der Waals surface area (Å²) in [6.07, 6.45) is 0.554. The van der Waals surface area contributed by atoms with Crippen LogP contribution in [-0.2, 0) is 10.0 Å². The van der Waals surface area contributed by atoms with Crippen molar-refractivity contribution in [3.63, 3.8) is 0 Å². The van der Waals surface area contributed by atoms with Crippen molar-refractivity contribution in [1.29, 1.82) is 0 Å². The van der Waals surface area contributed by atoms with Gasteiger partial charge in [0.1, 0.15) is 0 Å². The van der Waals surface area contributed by atoms with Crippen LogP contribution in [0.1, 0.15) is 13.3 Å². The molecule has 0 unspecified atom stereocenters. The van der Waals surface area contributed by atoms with Crippen LogP contribution in [0.2, 0.25) is 0 Å². The molecule has 0 amide bonds. The number of nitrogens with zero attached hydrogens (tertiary/aromatic N) is 1. The van der Waals surface area contributed by atoms with Gasteiger partial charge in [-0.25, -0.2) is 8.42 Å². The van der Waals surface area contributed by atoms with Crippen molar-refractivity contribution in [2.24, 2.45) is 0 Å². The minimum absolute atomic E-state index is 0. The second-order valence-corrected chi connectivity index (χ2v) is 3.48. The summed E-state index contributed by atoms with van der Waals surface area (Å²) in [5.41, 5.74) is 0. The van der Waals surface area contributed by atoms with E-state index < -0.39 is 10.0 Å². The Morgan fingerprint density at radius 2 is 2.00 bits per heavy atom. The van der Waals surface area contributed by atoms with E-state index in [1.54, 1.807) is 6.92 Å². The van der Waals surface area contributed by atoms with Crippen LogP contribution in [0.15, 0.2) is 0 Å². The minimum atomic E-state index is -3.28. The molecule has 0 heterocycles. The van der Waals surface area contributed by atoms with Crippen molar-refractivity contribution in [3.8, 4) is 0 Å². The van der Waals surface area contributed by atoms with Gasteiger partial charge in [-0.05, 0) is 6.42 Å². The molecule has 0 rings (SSSR count). The first-order chi connectivity index (χ1) is 3.62. The van der Waals surface area contributed by atoms with Gasteiger partial charge in [0, 0.05) is 5.75 Å². The van der Waals surface area contributed by atoms with Gasteiger partial charge in [-0.2, -0.15) is 0 Å². The molecule has 50 valence electrons. The van der Waals surface area contributed by atoms with Gasteiger partial charge in [0.05, 0.1) is 10.0 Å². The average Bonchev–Trinajstić information content (AvgIpc) is 1.67. The first-order valence-corrected chi connectivity index (χ1v) is 4.13. The van der Waals surface area contributed by atoms with Crippen molar-refractivity contribution in [2.75, 3.05) is 5.75 Å². The Morgan fingerprint density at radius 3 is 2.11 bits per heavy atom. The normalized spacial score (nSPS) is 10.4. The molecule has 0 fully saturated rings. The Kier molecular flexibility index (Phi) is 7.72. The van der Waals surface area contributed by atoms with E-state index >= 15 is 0 Å². The molecule has 6 heteroatoms. The Morgan fingerprint density at radius 1 is 1.56 bits per heavy atom. The van der Waals surface area contributed by atoms with E-state index in [0.717, 1.165) is 0 Å². The molecule has 0 N–H and O–H groups in total. The second-order valence-electron chi connectivity index (χ2n) is 1.36. The van der Waals surface area contributed by atoms with E-state index in [0.29, 0.717) is 6.42 Å². The molecule has 0 spiro atoms. The summed E-state index contributed by atoms with van der Waals surface area (Å²) >= 11 is 4.71. The summed E-state index contributed by atoms with van der Waals surface area (Å²) in [6, 6.07) is 0. The smallest absolute Gasteiger partial charge is 0.462 e. The van der Waals surface area contributed by atoms with Gasteiger partial charge >= 0.3 is 18.9 Å². The quantitative estimate of drug-likeness (QED) is 0.464. The fourth-order valence-electron chi connectivity index (χ4n) is 0.292. The van der Waals surface area contributed by atoms with Crippen molar-refractivity contribution >= 4 is 21.8 Å². The molecule has 0 radical (unpaired) electrons. The van der Waals surface area contributed by atoms with Gasteiger partial charge in [-0.3, -0.25) is 11.8 Å². The summed E-state index contributed by atoms with van der Waals surface area (Å²) in [6.45, 7) is 1.75. The van der Waals surface area contributed by atoms with E-state index in [1.165, 1.54) is 0 Å². The Labute approximate surface area is 72.5 Å². The van der Waals surface area contributed by atoms with Crippen LogP contribution in [0.25, 0.3) is 4.24 Å². The summed E-state index contributed by atoms with van der Waals surface area (Å²) in [4.78, 5) is 0. The summed E-state index contributed by atoms with van der Waals surface area (Å²) < 4.78 is 23.3. The fraction of sp³-hybridized carbons (Fsp3) is 1.00. The summed E-state index contributed by atoms with van der Waals surface area (Å²) in [5, 5.41) is 0. The first-order valence-electron chi connectivity index (χ1n) is 2.18. The van der Waals surface area contributed by atoms with Gasteiger partial charge < -0.3 is 4.24 Å². The third-order valence-corrected chi connectivity index (χ3v) is 2.33. The van der Waals surface area contributed by atoms with Crippen molar-refractivity contribution < 1.29 is 27.3 Å². The molecule has 0 bridgehead atoms. The topological polar surface area (TPSA) is 48.2 Å². The van der Waals surface area contributed by atoms with E-state index in [-0.39, 0.29) is 24.6 Å². The number of halogens is 1. The average molecular weight is 164 g/mol. The molecular weight excluding hydrogens is 156 g/mol. The van der Waals surface area contributed by atoms with Gasteiger partial charge in [0.2, 0.25) is 0 Å². The van der Waals surface area contributed by atoms with E-state index in [4.69, 9.17) is 11.8 Å². The van der Waals surface area contributed by atoms with Crippen LogP contribution in [0.5, 0.6) is 0 Å². The number of sulfonamides is 1. The van der Waals surface area contributed by atoms with Crippen molar-refractivity contribution in [1.82, 2.24) is 0 Å². The van der Waals surface area contributed by atoms with E-state index in [2.05, 4.69) is 4.24 Å². The number of rotatable bonds is 3. The first kappa shape index (κ1) is 12.5. The number of hydrogen-bond acceptors (Lipinski definition) is 2. The van der Waals surface area contributed by atoms with E-state index in [1.807, 2.05) is 0 Å². The van der Waals surface area contributed by atoms with Gasteiger partial charge in [0.25, 0.3) is 0 Å². The zero-order chi connectivity index (χ0) is 6.62. The number of hydrogen-bond donors (Lipinski definition) is 0. The maximum Gasteiger partial charge on any atom is 1.00 e. The molecule has 0 aromatic rings. The molecule has 0 aliphatic carbocycles. The standard InChI is InChI=1S/C3H7ClNO2S.Li/c1-2-3-8(6,7)5-4;/h2-3H2,1H3;/q-1;+1. The Bertz CT molecular complexity index is 146. The van der Waals surface area contributed by atoms with Crippen LogP contribution >= 0.6 is 11.8 Å². The molecule has 9 heavy (non-hydrogen) atoms. The predicted octanol–water partition coefficient (Wildman–Crippen LogP) is -1.74. The zero-order valence-electron chi connectivity index (χ0n) is 5.46. The van der Waals surface area contributed by atoms with Crippen molar-refractivity contribution in [2.45, 2.75) is 13.3 Å². The minimum Gasteiger partial charge on any atom is -0.462 e. The maximum atomic E-state index is 10.3. The van der Waals surface area contributed by atoms with Gasteiger partial charge in [-0.15, -0.1) is 0 Å². The van der Waals surface area contributed by atoms with Gasteiger partial charge in [0.15, 0.2) is 0 Å². The molecule has 0 atom stereocenters. The Hall–Kier alpha value is 0.797. The molecule has 0 aromatic carbocycles. The van der Waals surface area contributed by atoms with Crippen LogP contribution in [0.3, 0.4) is 0 Å². The predicted molar refractivity (Wildman–Crippen MR) is 33.3 cm³/mol. The molecule has 3 nitrogen and oxygen atoms in total. The van der Waals surface area contributed by atoms with Crippen molar-refractivity contribution in [3.05, 3.63) is 4.24 Å². The maximum absolute atomic E-state index is 10.3. The third kappa shape index (κ3) is 6.69. The molecule has 0 aliphatic rings. The van der Waals surface area contributed by atoms with E-state index in [9.17, 15) is 8.42 Å². The van der Waals surface area contributed by atoms with Gasteiger partial charge in [-0.1, -0.05) is 6.92 Å². The summed E-state index contributed by atoms with van der Waals surface area (Å²) in [5.74, 6) is 0.0382. The molecule has 0 saturated heterocycles. The van der Waals surface area contributed by atoms with Crippen LogP contribution in [0.4, 0.5) is 0 Å². The fourth-order valence-corrected chi connectivity index (χ4v) is 1.08. The van der Waals surface area contributed by atoms with Crippen LogP contribution in [0, 0.1) is 0 Å². The molecule has 0 aromatic heterocycles. The molecular formula is C3H7ClLiNO2S. The Balaban J connectivity index is 0. The van der Waals surface area contributed by atoms with Crippen LogP contribution < -0.4 is 18.9 Å². The monoisotopic (exact) mass is 163 g/mol. The molecule has 0 aliphatic heterocycles. The third-order valence-electron chi connectivity index (χ3n) is 0.567. The molecule has 0 saturated carbocycles. The SMILES string of the molecule is CCCS(=O)(=O)[N-]Cl.[Li+]. The largest absolute Gasteiger partial charge is 1.00 e. The zero-order valence-corrected chi connectivity index (χ0v) is 7.04. The second kappa shape index (κ2) is 5.57. The van der Waals surface area contributed by atoms with Crippen LogP contribution in [-0.4, -0.2) is 14.2 Å². The summed E-state index contributed by atoms with van der Waals surface area (Å²) in [7, 11) is -3.28.